The number of thioether (sulfide) groups is 1. The van der Waals surface area contributed by atoms with Crippen molar-refractivity contribution in [2.24, 2.45) is 0 Å². The number of carbonyl (C=O) groups is 3. The van der Waals surface area contributed by atoms with Gasteiger partial charge in [-0.1, -0.05) is 11.6 Å². The van der Waals surface area contributed by atoms with Gasteiger partial charge in [0.25, 0.3) is 5.91 Å². The number of carboxylic acids is 1. The number of aromatic carboxylic acids is 1. The van der Waals surface area contributed by atoms with Crippen molar-refractivity contribution in [2.75, 3.05) is 24.9 Å². The number of ether oxygens (including phenoxy) is 2. The zero-order valence-electron chi connectivity index (χ0n) is 19.1. The number of carbonyl (C=O) groups excluding carboxylic acids is 2. The first-order chi connectivity index (χ1) is 16.7. The predicted molar refractivity (Wildman–Crippen MR) is 136 cm³/mol. The summed E-state index contributed by atoms with van der Waals surface area (Å²) >= 11 is 7.39. The maximum absolute atomic E-state index is 12.6. The minimum atomic E-state index is -1.11. The summed E-state index contributed by atoms with van der Waals surface area (Å²) in [5, 5.41) is 14.4. The Labute approximate surface area is 211 Å². The second kappa shape index (κ2) is 11.6. The molecule has 182 valence electrons. The normalized spacial score (nSPS) is 11.3. The number of rotatable bonds is 9. The minimum absolute atomic E-state index is 0.0238. The molecule has 0 spiro atoms. The van der Waals surface area contributed by atoms with Crippen LogP contribution < -0.4 is 20.1 Å². The molecule has 0 radical (unpaired) electrons. The third kappa shape index (κ3) is 6.68. The summed E-state index contributed by atoms with van der Waals surface area (Å²) in [6, 6.07) is 16.0. The van der Waals surface area contributed by atoms with Crippen LogP contribution in [0.4, 0.5) is 11.4 Å². The number of anilines is 2. The monoisotopic (exact) mass is 514 g/mol. The highest BCUT2D eigenvalue weighted by atomic mass is 35.5. The van der Waals surface area contributed by atoms with Crippen molar-refractivity contribution in [3.05, 3.63) is 76.8 Å². The fraction of sp³-hybridized carbons (Fsp3) is 0.160. The molecule has 0 aliphatic heterocycles. The largest absolute Gasteiger partial charge is 0.493 e. The summed E-state index contributed by atoms with van der Waals surface area (Å²) < 4.78 is 10.4. The Bertz CT molecular complexity index is 1250. The molecule has 10 heteroatoms. The van der Waals surface area contributed by atoms with Gasteiger partial charge >= 0.3 is 5.97 Å². The van der Waals surface area contributed by atoms with E-state index in [-0.39, 0.29) is 28.1 Å². The van der Waals surface area contributed by atoms with Crippen molar-refractivity contribution in [1.29, 1.82) is 0 Å². The second-order valence-corrected chi connectivity index (χ2v) is 9.12. The molecule has 2 amide bonds. The van der Waals surface area contributed by atoms with Crippen molar-refractivity contribution >= 4 is 52.5 Å². The number of carboxylic acid groups (broad SMARTS) is 1. The molecule has 0 aliphatic rings. The summed E-state index contributed by atoms with van der Waals surface area (Å²) in [5.74, 6) is -0.765. The van der Waals surface area contributed by atoms with Crippen molar-refractivity contribution in [3.8, 4) is 11.5 Å². The molecule has 1 atom stereocenters. The Hall–Kier alpha value is -3.69. The smallest absolute Gasteiger partial charge is 0.335 e. The van der Waals surface area contributed by atoms with Gasteiger partial charge in [-0.3, -0.25) is 9.59 Å². The molecule has 35 heavy (non-hydrogen) atoms. The Morgan fingerprint density at radius 2 is 1.54 bits per heavy atom. The van der Waals surface area contributed by atoms with Crippen LogP contribution in [0, 0.1) is 0 Å². The fourth-order valence-electron chi connectivity index (χ4n) is 3.04. The van der Waals surface area contributed by atoms with E-state index in [9.17, 15) is 14.4 Å². The van der Waals surface area contributed by atoms with Gasteiger partial charge in [0.15, 0.2) is 11.5 Å². The SMILES string of the molecule is COc1ccc(C(=O)Nc2ccc(SC(C)C(=O)Nc3cc(C(=O)O)ccc3Cl)cc2)cc1OC. The zero-order chi connectivity index (χ0) is 25.5. The van der Waals surface area contributed by atoms with Gasteiger partial charge in [-0.25, -0.2) is 4.79 Å². The minimum Gasteiger partial charge on any atom is -0.493 e. The first kappa shape index (κ1) is 25.9. The molecule has 3 N–H and O–H groups in total. The van der Waals surface area contributed by atoms with Crippen LogP contribution in [-0.2, 0) is 4.79 Å². The number of hydrogen-bond donors (Lipinski definition) is 3. The Morgan fingerprint density at radius 1 is 0.886 bits per heavy atom. The zero-order valence-corrected chi connectivity index (χ0v) is 20.7. The molecule has 8 nitrogen and oxygen atoms in total. The van der Waals surface area contributed by atoms with Gasteiger partial charge in [-0.15, -0.1) is 11.8 Å². The molecule has 0 aromatic heterocycles. The molecule has 0 saturated carbocycles. The van der Waals surface area contributed by atoms with Gasteiger partial charge < -0.3 is 25.2 Å². The van der Waals surface area contributed by atoms with Gasteiger partial charge in [0, 0.05) is 16.1 Å². The summed E-state index contributed by atoms with van der Waals surface area (Å²) in [4.78, 5) is 37.2. The number of hydrogen-bond acceptors (Lipinski definition) is 6. The topological polar surface area (TPSA) is 114 Å². The van der Waals surface area contributed by atoms with Crippen LogP contribution >= 0.6 is 23.4 Å². The van der Waals surface area contributed by atoms with Crippen LogP contribution in [0.1, 0.15) is 27.6 Å². The number of halogens is 1. The average Bonchev–Trinajstić information content (AvgIpc) is 2.85. The van der Waals surface area contributed by atoms with E-state index in [4.69, 9.17) is 26.2 Å². The van der Waals surface area contributed by atoms with E-state index in [1.165, 1.54) is 44.2 Å². The lowest BCUT2D eigenvalue weighted by Crippen LogP contribution is -2.22. The Morgan fingerprint density at radius 3 is 2.17 bits per heavy atom. The van der Waals surface area contributed by atoms with E-state index in [0.717, 1.165) is 4.90 Å². The maximum Gasteiger partial charge on any atom is 0.335 e. The molecule has 0 fully saturated rings. The summed E-state index contributed by atoms with van der Waals surface area (Å²) in [7, 11) is 3.02. The highest BCUT2D eigenvalue weighted by Gasteiger charge is 2.17. The van der Waals surface area contributed by atoms with Crippen LogP contribution in [0.25, 0.3) is 0 Å². The van der Waals surface area contributed by atoms with Crippen LogP contribution in [0.2, 0.25) is 5.02 Å². The number of benzene rings is 3. The van der Waals surface area contributed by atoms with Gasteiger partial charge in [-0.2, -0.15) is 0 Å². The average molecular weight is 515 g/mol. The lowest BCUT2D eigenvalue weighted by molar-refractivity contribution is -0.115. The lowest BCUT2D eigenvalue weighted by atomic mass is 10.2. The molecule has 0 heterocycles. The summed E-state index contributed by atoms with van der Waals surface area (Å²) in [6.45, 7) is 1.72. The summed E-state index contributed by atoms with van der Waals surface area (Å²) in [5.41, 5.74) is 1.26. The van der Waals surface area contributed by atoms with Crippen LogP contribution in [0.15, 0.2) is 65.6 Å². The van der Waals surface area contributed by atoms with Gasteiger partial charge in [0.2, 0.25) is 5.91 Å². The molecular formula is C25H23ClN2O6S. The van der Waals surface area contributed by atoms with E-state index in [1.54, 1.807) is 49.4 Å². The van der Waals surface area contributed by atoms with Crippen molar-refractivity contribution in [3.63, 3.8) is 0 Å². The van der Waals surface area contributed by atoms with Crippen LogP contribution in [0.3, 0.4) is 0 Å². The van der Waals surface area contributed by atoms with Gasteiger partial charge in [0.05, 0.1) is 35.7 Å². The lowest BCUT2D eigenvalue weighted by Gasteiger charge is -2.14. The highest BCUT2D eigenvalue weighted by molar-refractivity contribution is 8.00. The molecule has 3 rings (SSSR count). The fourth-order valence-corrected chi connectivity index (χ4v) is 4.08. The van der Waals surface area contributed by atoms with Crippen molar-refractivity contribution in [2.45, 2.75) is 17.1 Å². The number of amides is 2. The molecule has 3 aromatic carbocycles. The number of methoxy groups -OCH3 is 2. The quantitative estimate of drug-likeness (QED) is 0.326. The van der Waals surface area contributed by atoms with E-state index < -0.39 is 11.2 Å². The standard InChI is InChI=1S/C25H23ClN2O6S/c1-14(23(29)28-20-12-16(25(31)32)4-10-19(20)26)35-18-8-6-17(7-9-18)27-24(30)15-5-11-21(33-2)22(13-15)34-3/h4-14H,1-3H3,(H,27,30)(H,28,29)(H,31,32). The van der Waals surface area contributed by atoms with E-state index >= 15 is 0 Å². The Balaban J connectivity index is 1.61. The summed E-state index contributed by atoms with van der Waals surface area (Å²) in [6.07, 6.45) is 0. The number of nitrogens with one attached hydrogen (secondary N) is 2. The molecule has 0 aliphatic carbocycles. The highest BCUT2D eigenvalue weighted by Crippen LogP contribution is 2.29. The second-order valence-electron chi connectivity index (χ2n) is 7.30. The third-order valence-electron chi connectivity index (χ3n) is 4.91. The predicted octanol–water partition coefficient (Wildman–Crippen LogP) is 5.43. The van der Waals surface area contributed by atoms with Crippen LogP contribution in [0.5, 0.6) is 11.5 Å². The molecule has 0 bridgehead atoms. The Kier molecular flexibility index (Phi) is 8.62. The van der Waals surface area contributed by atoms with E-state index in [1.807, 2.05) is 0 Å². The van der Waals surface area contributed by atoms with Crippen molar-refractivity contribution < 1.29 is 29.0 Å². The van der Waals surface area contributed by atoms with Crippen molar-refractivity contribution in [1.82, 2.24) is 0 Å². The van der Waals surface area contributed by atoms with Gasteiger partial charge in [-0.05, 0) is 67.6 Å². The van der Waals surface area contributed by atoms with E-state index in [0.29, 0.717) is 22.7 Å². The molecule has 1 unspecified atom stereocenters. The molecular weight excluding hydrogens is 492 g/mol. The maximum atomic E-state index is 12.6. The van der Waals surface area contributed by atoms with Gasteiger partial charge in [0.1, 0.15) is 0 Å². The van der Waals surface area contributed by atoms with Crippen LogP contribution in [-0.4, -0.2) is 42.4 Å². The first-order valence-corrected chi connectivity index (χ1v) is 11.6. The first-order valence-electron chi connectivity index (χ1n) is 10.4. The molecule has 3 aromatic rings. The molecule has 0 saturated heterocycles. The van der Waals surface area contributed by atoms with E-state index in [2.05, 4.69) is 10.6 Å². The third-order valence-corrected chi connectivity index (χ3v) is 6.35.